The van der Waals surface area contributed by atoms with Crippen LogP contribution in [0.5, 0.6) is 11.5 Å². The molecule has 2 heterocycles. The number of esters is 1. The number of halogens is 4. The third-order valence-corrected chi connectivity index (χ3v) is 8.23. The first-order valence-electron chi connectivity index (χ1n) is 13.8. The molecule has 2 aromatic carbocycles. The Morgan fingerprint density at radius 2 is 1.74 bits per heavy atom. The molecule has 0 aliphatic heterocycles. The number of hydrogen-bond donors (Lipinski definition) is 0. The summed E-state index contributed by atoms with van der Waals surface area (Å²) in [4.78, 5) is 13.5. The Labute approximate surface area is 251 Å². The van der Waals surface area contributed by atoms with Gasteiger partial charge in [-0.3, -0.25) is 0 Å². The van der Waals surface area contributed by atoms with Crippen LogP contribution in [0.4, 0.5) is 8.78 Å². The van der Waals surface area contributed by atoms with Crippen molar-refractivity contribution in [3.8, 4) is 11.5 Å². The maximum Gasteiger partial charge on any atom is 0.387 e. The Kier molecular flexibility index (Phi) is 8.14. The highest BCUT2D eigenvalue weighted by Crippen LogP contribution is 2.38. The molecule has 0 bridgehead atoms. The standard InChI is InChI=1S/C31H28Cl2F2N2O5/c32-24-15-37(39)16-25(33)23(24)13-28(21-6-8-27(42-31(34)35)29(12-21)40-17-19-3-4-19)41-30(38)22-5-7-26-20(11-22)9-10-36(26)14-18-1-2-18/h5-12,15-16,18-19,28,31H,1-4,13-14,17H2. The lowest BCUT2D eigenvalue weighted by Gasteiger charge is -2.21. The summed E-state index contributed by atoms with van der Waals surface area (Å²) in [7, 11) is 0. The van der Waals surface area contributed by atoms with E-state index in [2.05, 4.69) is 9.30 Å². The van der Waals surface area contributed by atoms with Crippen LogP contribution < -0.4 is 14.2 Å². The molecule has 6 rings (SSSR count). The summed E-state index contributed by atoms with van der Waals surface area (Å²) in [6.45, 7) is -1.73. The van der Waals surface area contributed by atoms with Gasteiger partial charge in [-0.1, -0.05) is 29.3 Å². The van der Waals surface area contributed by atoms with Crippen LogP contribution >= 0.6 is 23.2 Å². The van der Waals surface area contributed by atoms with Crippen molar-refractivity contribution in [1.29, 1.82) is 0 Å². The monoisotopic (exact) mass is 616 g/mol. The lowest BCUT2D eigenvalue weighted by atomic mass is 10.0. The number of ether oxygens (including phenoxy) is 3. The predicted molar refractivity (Wildman–Crippen MR) is 153 cm³/mol. The molecule has 2 fully saturated rings. The van der Waals surface area contributed by atoms with E-state index >= 15 is 0 Å². The number of aromatic nitrogens is 2. The third-order valence-electron chi connectivity index (χ3n) is 7.58. The van der Waals surface area contributed by atoms with E-state index in [1.165, 1.54) is 31.0 Å². The zero-order valence-corrected chi connectivity index (χ0v) is 24.0. The van der Waals surface area contributed by atoms with Crippen molar-refractivity contribution < 1.29 is 32.5 Å². The van der Waals surface area contributed by atoms with Gasteiger partial charge in [0.25, 0.3) is 0 Å². The Hall–Kier alpha value is -3.56. The molecule has 1 atom stereocenters. The lowest BCUT2D eigenvalue weighted by Crippen LogP contribution is -2.25. The van der Waals surface area contributed by atoms with Gasteiger partial charge in [-0.15, -0.1) is 0 Å². The molecule has 11 heteroatoms. The highest BCUT2D eigenvalue weighted by molar-refractivity contribution is 6.35. The number of benzene rings is 2. The first-order valence-corrected chi connectivity index (χ1v) is 14.6. The van der Waals surface area contributed by atoms with Crippen LogP contribution in [-0.4, -0.2) is 23.8 Å². The van der Waals surface area contributed by atoms with Gasteiger partial charge in [0.15, 0.2) is 23.9 Å². The number of carbonyl (C=O) groups is 1. The van der Waals surface area contributed by atoms with Gasteiger partial charge in [0.1, 0.15) is 16.1 Å². The van der Waals surface area contributed by atoms with Gasteiger partial charge in [-0.05, 0) is 79.5 Å². The Bertz CT molecular complexity index is 1600. The molecule has 42 heavy (non-hydrogen) atoms. The van der Waals surface area contributed by atoms with Crippen molar-refractivity contribution in [2.75, 3.05) is 6.61 Å². The molecule has 7 nitrogen and oxygen atoms in total. The first kappa shape index (κ1) is 28.6. The Balaban J connectivity index is 1.31. The third kappa shape index (κ3) is 6.73. The van der Waals surface area contributed by atoms with Crippen LogP contribution in [0.15, 0.2) is 61.1 Å². The minimum absolute atomic E-state index is 0.0153. The number of pyridine rings is 1. The molecule has 2 aliphatic rings. The number of carbonyl (C=O) groups excluding carboxylic acids is 1. The maximum absolute atomic E-state index is 13.5. The van der Waals surface area contributed by atoms with Crippen LogP contribution in [0.1, 0.15) is 53.3 Å². The topological polar surface area (TPSA) is 76.6 Å². The Morgan fingerprint density at radius 3 is 2.43 bits per heavy atom. The van der Waals surface area contributed by atoms with Crippen LogP contribution in [0.2, 0.25) is 10.0 Å². The van der Waals surface area contributed by atoms with Crippen molar-refractivity contribution in [1.82, 2.24) is 4.57 Å². The van der Waals surface area contributed by atoms with Crippen LogP contribution in [-0.2, 0) is 17.7 Å². The summed E-state index contributed by atoms with van der Waals surface area (Å²) < 4.78 is 45.4. The molecule has 0 amide bonds. The molecule has 220 valence electrons. The molecule has 2 aromatic heterocycles. The van der Waals surface area contributed by atoms with Crippen LogP contribution in [0.3, 0.4) is 0 Å². The van der Waals surface area contributed by atoms with E-state index in [-0.39, 0.29) is 28.0 Å². The summed E-state index contributed by atoms with van der Waals surface area (Å²) in [6.07, 6.45) is 7.88. The zero-order chi connectivity index (χ0) is 29.4. The minimum Gasteiger partial charge on any atom is -0.619 e. The summed E-state index contributed by atoms with van der Waals surface area (Å²) >= 11 is 12.7. The van der Waals surface area contributed by atoms with E-state index in [4.69, 9.17) is 32.7 Å². The second-order valence-corrected chi connectivity index (χ2v) is 11.7. The molecule has 0 radical (unpaired) electrons. The molecule has 0 spiro atoms. The van der Waals surface area contributed by atoms with Crippen molar-refractivity contribution in [2.24, 2.45) is 11.8 Å². The summed E-state index contributed by atoms with van der Waals surface area (Å²) in [5, 5.41) is 12.9. The molecule has 0 N–H and O–H groups in total. The molecular formula is C31H28Cl2F2N2O5. The number of hydrogen-bond acceptors (Lipinski definition) is 5. The van der Waals surface area contributed by atoms with Gasteiger partial charge < -0.3 is 24.0 Å². The van der Waals surface area contributed by atoms with Crippen molar-refractivity contribution in [3.05, 3.63) is 93.0 Å². The fourth-order valence-corrected chi connectivity index (χ4v) is 5.52. The summed E-state index contributed by atoms with van der Waals surface area (Å²) in [6, 6.07) is 11.8. The molecular weight excluding hydrogens is 589 g/mol. The second kappa shape index (κ2) is 12.0. The molecule has 1 unspecified atom stereocenters. The van der Waals surface area contributed by atoms with E-state index in [0.717, 1.165) is 42.7 Å². The SMILES string of the molecule is O=C(OC(Cc1c(Cl)c[n+]([O-])cc1Cl)c1ccc(OC(F)F)c(OCC2CC2)c1)c1ccc2c(ccn2CC2CC2)c1. The largest absolute Gasteiger partial charge is 0.619 e. The second-order valence-electron chi connectivity index (χ2n) is 10.9. The van der Waals surface area contributed by atoms with Gasteiger partial charge in [0, 0.05) is 35.6 Å². The number of alkyl halides is 2. The lowest BCUT2D eigenvalue weighted by molar-refractivity contribution is -0.605. The smallest absolute Gasteiger partial charge is 0.387 e. The summed E-state index contributed by atoms with van der Waals surface area (Å²) in [5.41, 5.74) is 2.24. The molecule has 2 aliphatic carbocycles. The average Bonchev–Trinajstić information content (AvgIpc) is 3.88. The van der Waals surface area contributed by atoms with E-state index in [1.807, 2.05) is 18.3 Å². The highest BCUT2D eigenvalue weighted by Gasteiger charge is 2.27. The number of nitrogens with zero attached hydrogens (tertiary/aromatic N) is 2. The maximum atomic E-state index is 13.5. The van der Waals surface area contributed by atoms with E-state index in [9.17, 15) is 18.8 Å². The van der Waals surface area contributed by atoms with Gasteiger partial charge in [0.2, 0.25) is 0 Å². The number of rotatable bonds is 12. The fourth-order valence-electron chi connectivity index (χ4n) is 4.92. The minimum atomic E-state index is -3.04. The van der Waals surface area contributed by atoms with E-state index < -0.39 is 18.7 Å². The van der Waals surface area contributed by atoms with Gasteiger partial charge in [-0.2, -0.15) is 13.5 Å². The van der Waals surface area contributed by atoms with Crippen molar-refractivity contribution >= 4 is 40.1 Å². The van der Waals surface area contributed by atoms with Crippen LogP contribution in [0, 0.1) is 17.0 Å². The zero-order valence-electron chi connectivity index (χ0n) is 22.5. The predicted octanol–water partition coefficient (Wildman–Crippen LogP) is 7.52. The van der Waals surface area contributed by atoms with Crippen LogP contribution in [0.25, 0.3) is 10.9 Å². The summed E-state index contributed by atoms with van der Waals surface area (Å²) in [5.74, 6) is 0.462. The van der Waals surface area contributed by atoms with Gasteiger partial charge in [0.05, 0.1) is 12.2 Å². The first-order chi connectivity index (χ1) is 20.2. The molecule has 0 saturated heterocycles. The van der Waals surface area contributed by atoms with E-state index in [1.54, 1.807) is 12.1 Å². The van der Waals surface area contributed by atoms with Gasteiger partial charge in [-0.25, -0.2) is 4.79 Å². The van der Waals surface area contributed by atoms with Crippen molar-refractivity contribution in [3.63, 3.8) is 0 Å². The van der Waals surface area contributed by atoms with Crippen molar-refractivity contribution in [2.45, 2.75) is 51.4 Å². The number of fused-ring (bicyclic) bond motifs is 1. The molecule has 2 saturated carbocycles. The molecule has 4 aromatic rings. The highest BCUT2D eigenvalue weighted by atomic mass is 35.5. The average molecular weight is 617 g/mol. The Morgan fingerprint density at radius 1 is 1.00 bits per heavy atom. The fraction of sp³-hybridized carbons (Fsp3) is 0.355. The quantitative estimate of drug-likeness (QED) is 0.0934. The van der Waals surface area contributed by atoms with Gasteiger partial charge >= 0.3 is 12.6 Å². The normalized spacial score (nSPS) is 15.6. The van der Waals surface area contributed by atoms with E-state index in [0.29, 0.717) is 39.9 Å².